The first-order valence-electron chi connectivity index (χ1n) is 3.40. The normalized spacial score (nSPS) is 33.4. The molecule has 0 aromatic heterocycles. The average Bonchev–Trinajstić information content (AvgIpc) is 1.82. The lowest BCUT2D eigenvalue weighted by molar-refractivity contribution is 0.544. The Bertz CT molecular complexity index is 101. The van der Waals surface area contributed by atoms with Crippen molar-refractivity contribution < 1.29 is 0 Å². The van der Waals surface area contributed by atoms with E-state index in [0.29, 0.717) is 6.04 Å². The predicted molar refractivity (Wildman–Crippen MR) is 43.4 cm³/mol. The van der Waals surface area contributed by atoms with Crippen LogP contribution in [0.15, 0.2) is 12.7 Å². The minimum absolute atomic E-state index is 0.706. The third-order valence-electron chi connectivity index (χ3n) is 1.64. The van der Waals surface area contributed by atoms with Crippen LogP contribution in [0.25, 0.3) is 0 Å². The summed E-state index contributed by atoms with van der Waals surface area (Å²) in [5.74, 6) is 0. The van der Waals surface area contributed by atoms with E-state index in [-0.39, 0.29) is 0 Å². The zero-order valence-corrected chi connectivity index (χ0v) is 6.58. The van der Waals surface area contributed by atoms with Crippen LogP contribution in [0.2, 0.25) is 0 Å². The van der Waals surface area contributed by atoms with Crippen LogP contribution in [0.1, 0.15) is 19.8 Å². The van der Waals surface area contributed by atoms with Gasteiger partial charge in [0.15, 0.2) is 0 Å². The lowest BCUT2D eigenvalue weighted by atomic mass is 10.1. The van der Waals surface area contributed by atoms with E-state index in [1.807, 2.05) is 18.0 Å². The quantitative estimate of drug-likeness (QED) is 0.479. The number of hydrogen-bond donors (Lipinski definition) is 1. The molecule has 0 radical (unpaired) electrons. The Labute approximate surface area is 61.0 Å². The molecule has 0 aliphatic carbocycles. The van der Waals surface area contributed by atoms with Crippen LogP contribution in [-0.4, -0.2) is 11.3 Å². The SMILES string of the molecule is C=CC[C@@H]1NSC1CC. The monoisotopic (exact) mass is 143 g/mol. The molecule has 2 atom stereocenters. The second-order valence-corrected chi connectivity index (χ2v) is 3.39. The molecule has 0 spiro atoms. The molecule has 1 rings (SSSR count). The smallest absolute Gasteiger partial charge is 0.0355 e. The maximum atomic E-state index is 3.70. The average molecular weight is 143 g/mol. The van der Waals surface area contributed by atoms with Crippen molar-refractivity contribution in [2.45, 2.75) is 31.1 Å². The van der Waals surface area contributed by atoms with Gasteiger partial charge < -0.3 is 0 Å². The maximum absolute atomic E-state index is 3.70. The van der Waals surface area contributed by atoms with Gasteiger partial charge in [-0.25, -0.2) is 0 Å². The Kier molecular flexibility index (Phi) is 2.61. The zero-order chi connectivity index (χ0) is 6.69. The summed E-state index contributed by atoms with van der Waals surface area (Å²) in [6, 6.07) is 0.706. The summed E-state index contributed by atoms with van der Waals surface area (Å²) in [6.45, 7) is 5.93. The number of rotatable bonds is 3. The summed E-state index contributed by atoms with van der Waals surface area (Å²) in [7, 11) is 0. The number of hydrogen-bond acceptors (Lipinski definition) is 2. The van der Waals surface area contributed by atoms with Gasteiger partial charge in [-0.1, -0.05) is 24.9 Å². The van der Waals surface area contributed by atoms with Gasteiger partial charge in [-0.2, -0.15) is 0 Å². The maximum Gasteiger partial charge on any atom is 0.0355 e. The predicted octanol–water partition coefficient (Wildman–Crippen LogP) is 1.96. The summed E-state index contributed by atoms with van der Waals surface area (Å²) < 4.78 is 3.29. The van der Waals surface area contributed by atoms with Gasteiger partial charge >= 0.3 is 0 Å². The van der Waals surface area contributed by atoms with E-state index < -0.39 is 0 Å². The van der Waals surface area contributed by atoms with Gasteiger partial charge in [0.1, 0.15) is 0 Å². The van der Waals surface area contributed by atoms with E-state index >= 15 is 0 Å². The highest BCUT2D eigenvalue weighted by Gasteiger charge is 2.27. The van der Waals surface area contributed by atoms with Crippen molar-refractivity contribution in [2.24, 2.45) is 0 Å². The molecule has 1 nitrogen and oxygen atoms in total. The molecule has 1 N–H and O–H groups in total. The Morgan fingerprint density at radius 2 is 2.56 bits per heavy atom. The molecule has 1 saturated heterocycles. The fraction of sp³-hybridized carbons (Fsp3) is 0.714. The molecule has 1 heterocycles. The van der Waals surface area contributed by atoms with Crippen molar-refractivity contribution >= 4 is 11.9 Å². The molecular weight excluding hydrogens is 130 g/mol. The summed E-state index contributed by atoms with van der Waals surface area (Å²) in [5, 5.41) is 0.836. The first-order chi connectivity index (χ1) is 4.38. The third kappa shape index (κ3) is 1.49. The highest BCUT2D eigenvalue weighted by molar-refractivity contribution is 7.99. The summed E-state index contributed by atoms with van der Waals surface area (Å²) in [6.07, 6.45) is 4.38. The molecule has 1 aliphatic heterocycles. The van der Waals surface area contributed by atoms with E-state index in [4.69, 9.17) is 0 Å². The van der Waals surface area contributed by atoms with Crippen molar-refractivity contribution in [3.05, 3.63) is 12.7 Å². The first-order valence-corrected chi connectivity index (χ1v) is 4.28. The second kappa shape index (κ2) is 3.28. The molecule has 1 unspecified atom stereocenters. The Hall–Kier alpha value is 0.0500. The van der Waals surface area contributed by atoms with Crippen LogP contribution in [0, 0.1) is 0 Å². The van der Waals surface area contributed by atoms with Crippen LogP contribution < -0.4 is 4.72 Å². The Morgan fingerprint density at radius 3 is 2.89 bits per heavy atom. The lowest BCUT2D eigenvalue weighted by Gasteiger charge is -2.35. The Morgan fingerprint density at radius 1 is 1.78 bits per heavy atom. The highest BCUT2D eigenvalue weighted by atomic mass is 32.2. The fourth-order valence-corrected chi connectivity index (χ4v) is 1.90. The molecule has 0 amide bonds. The molecular formula is C7H13NS. The first kappa shape index (κ1) is 7.16. The molecule has 0 aromatic carbocycles. The summed E-state index contributed by atoms with van der Waals surface area (Å²) in [4.78, 5) is 0. The topological polar surface area (TPSA) is 12.0 Å². The standard InChI is InChI=1S/C7H13NS/c1-3-5-6-7(4-2)9-8-6/h3,6-8H,1,4-5H2,2H3/t6-,7?/m0/s1. The number of nitrogens with one attached hydrogen (secondary N) is 1. The minimum Gasteiger partial charge on any atom is -0.259 e. The zero-order valence-electron chi connectivity index (χ0n) is 5.76. The molecule has 52 valence electrons. The van der Waals surface area contributed by atoms with Gasteiger partial charge in [-0.15, -0.1) is 6.58 Å². The van der Waals surface area contributed by atoms with Gasteiger partial charge in [0.2, 0.25) is 0 Å². The van der Waals surface area contributed by atoms with Gasteiger partial charge in [0.25, 0.3) is 0 Å². The van der Waals surface area contributed by atoms with Gasteiger partial charge in [0, 0.05) is 11.3 Å². The third-order valence-corrected chi connectivity index (χ3v) is 3.05. The largest absolute Gasteiger partial charge is 0.259 e. The van der Waals surface area contributed by atoms with Gasteiger partial charge in [0.05, 0.1) is 0 Å². The van der Waals surface area contributed by atoms with Gasteiger partial charge in [-0.05, 0) is 12.8 Å². The fourth-order valence-electron chi connectivity index (χ4n) is 1.01. The van der Waals surface area contributed by atoms with Crippen LogP contribution in [0.4, 0.5) is 0 Å². The minimum atomic E-state index is 0.706. The van der Waals surface area contributed by atoms with E-state index in [1.165, 1.54) is 6.42 Å². The van der Waals surface area contributed by atoms with E-state index in [0.717, 1.165) is 11.7 Å². The van der Waals surface area contributed by atoms with Crippen molar-refractivity contribution in [3.8, 4) is 0 Å². The van der Waals surface area contributed by atoms with Crippen molar-refractivity contribution in [1.29, 1.82) is 0 Å². The molecule has 9 heavy (non-hydrogen) atoms. The van der Waals surface area contributed by atoms with E-state index in [1.54, 1.807) is 0 Å². The summed E-state index contributed by atoms with van der Waals surface area (Å²) in [5.41, 5.74) is 0. The van der Waals surface area contributed by atoms with E-state index in [2.05, 4.69) is 18.2 Å². The van der Waals surface area contributed by atoms with E-state index in [9.17, 15) is 0 Å². The van der Waals surface area contributed by atoms with Crippen molar-refractivity contribution in [1.82, 2.24) is 4.72 Å². The van der Waals surface area contributed by atoms with Crippen LogP contribution in [0.3, 0.4) is 0 Å². The molecule has 2 heteroatoms. The summed E-state index contributed by atoms with van der Waals surface area (Å²) >= 11 is 1.86. The van der Waals surface area contributed by atoms with Crippen LogP contribution >= 0.6 is 11.9 Å². The van der Waals surface area contributed by atoms with Crippen molar-refractivity contribution in [2.75, 3.05) is 0 Å². The van der Waals surface area contributed by atoms with Gasteiger partial charge in [-0.3, -0.25) is 4.72 Å². The van der Waals surface area contributed by atoms with Crippen molar-refractivity contribution in [3.63, 3.8) is 0 Å². The molecule has 0 bridgehead atoms. The second-order valence-electron chi connectivity index (χ2n) is 2.31. The molecule has 0 aromatic rings. The molecule has 1 fully saturated rings. The molecule has 0 saturated carbocycles. The lowest BCUT2D eigenvalue weighted by Crippen LogP contribution is -2.45. The highest BCUT2D eigenvalue weighted by Crippen LogP contribution is 2.28. The van der Waals surface area contributed by atoms with Crippen LogP contribution in [0.5, 0.6) is 0 Å². The van der Waals surface area contributed by atoms with Crippen LogP contribution in [-0.2, 0) is 0 Å². The Balaban J connectivity index is 2.18. The molecule has 1 aliphatic rings.